The number of rotatable bonds is 3. The Kier molecular flexibility index (Phi) is 3.13. The summed E-state index contributed by atoms with van der Waals surface area (Å²) in [5.41, 5.74) is 0. The minimum atomic E-state index is -4.17. The van der Waals surface area contributed by atoms with Crippen LogP contribution in [0, 0.1) is 0 Å². The zero-order valence-electron chi connectivity index (χ0n) is 8.55. The number of alkyl halides is 3. The molecular formula is C9H12F3N3O. The molecule has 0 spiro atoms. The molecule has 90 valence electrons. The van der Waals surface area contributed by atoms with Gasteiger partial charge in [-0.2, -0.15) is 18.2 Å². The summed E-state index contributed by atoms with van der Waals surface area (Å²) in [4.78, 5) is 3.96. The Morgan fingerprint density at radius 3 is 2.88 bits per heavy atom. The number of aromatic nitrogens is 2. The molecule has 7 heteroatoms. The van der Waals surface area contributed by atoms with Crippen LogP contribution in [0.5, 0.6) is 0 Å². The highest BCUT2D eigenvalue weighted by Gasteiger charge is 2.28. The Morgan fingerprint density at radius 2 is 2.25 bits per heavy atom. The number of nitrogens with one attached hydrogen (secondary N) is 1. The summed E-state index contributed by atoms with van der Waals surface area (Å²) in [6.45, 7) is 0.880. The van der Waals surface area contributed by atoms with E-state index in [1.54, 1.807) is 0 Å². The smallest absolute Gasteiger partial charge is 0.338 e. The molecule has 1 atom stereocenters. The van der Waals surface area contributed by atoms with Crippen LogP contribution in [0.1, 0.15) is 37.0 Å². The van der Waals surface area contributed by atoms with E-state index in [1.807, 2.05) is 0 Å². The summed E-state index contributed by atoms with van der Waals surface area (Å²) in [5, 5.41) is 6.68. The summed E-state index contributed by atoms with van der Waals surface area (Å²) < 4.78 is 40.8. The van der Waals surface area contributed by atoms with E-state index in [-0.39, 0.29) is 18.3 Å². The highest BCUT2D eigenvalue weighted by Crippen LogP contribution is 2.23. The van der Waals surface area contributed by atoms with E-state index in [0.717, 1.165) is 19.4 Å². The third-order valence-corrected chi connectivity index (χ3v) is 2.47. The molecule has 2 heterocycles. The molecule has 1 saturated heterocycles. The second-order valence-corrected chi connectivity index (χ2v) is 3.81. The van der Waals surface area contributed by atoms with Gasteiger partial charge in [0.1, 0.15) is 0 Å². The van der Waals surface area contributed by atoms with Gasteiger partial charge in [0, 0.05) is 6.42 Å². The highest BCUT2D eigenvalue weighted by atomic mass is 19.4. The van der Waals surface area contributed by atoms with Gasteiger partial charge >= 0.3 is 6.18 Å². The zero-order valence-corrected chi connectivity index (χ0v) is 8.55. The van der Waals surface area contributed by atoms with Gasteiger partial charge in [-0.1, -0.05) is 5.16 Å². The molecule has 1 fully saturated rings. The Labute approximate surface area is 90.2 Å². The second kappa shape index (κ2) is 4.40. The molecule has 1 aromatic heterocycles. The molecule has 16 heavy (non-hydrogen) atoms. The van der Waals surface area contributed by atoms with Crippen molar-refractivity contribution in [1.29, 1.82) is 0 Å². The van der Waals surface area contributed by atoms with Crippen LogP contribution in [0.2, 0.25) is 0 Å². The number of halogens is 3. The maximum absolute atomic E-state index is 12.0. The van der Waals surface area contributed by atoms with Crippen LogP contribution < -0.4 is 5.32 Å². The van der Waals surface area contributed by atoms with E-state index in [9.17, 15) is 13.2 Å². The number of nitrogens with zero attached hydrogens (tertiary/aromatic N) is 2. The third-order valence-electron chi connectivity index (χ3n) is 2.47. The molecule has 0 saturated carbocycles. The molecule has 0 aromatic carbocycles. The molecule has 0 unspecified atom stereocenters. The fraction of sp³-hybridized carbons (Fsp3) is 0.778. The molecule has 1 aromatic rings. The maximum Gasteiger partial charge on any atom is 0.389 e. The van der Waals surface area contributed by atoms with Gasteiger partial charge < -0.3 is 9.84 Å². The topological polar surface area (TPSA) is 51.0 Å². The van der Waals surface area contributed by atoms with Crippen LogP contribution in [-0.2, 0) is 6.42 Å². The van der Waals surface area contributed by atoms with Crippen molar-refractivity contribution in [2.75, 3.05) is 6.54 Å². The molecule has 1 aliphatic rings. The predicted molar refractivity (Wildman–Crippen MR) is 48.7 cm³/mol. The van der Waals surface area contributed by atoms with Gasteiger partial charge in [0.2, 0.25) is 5.89 Å². The van der Waals surface area contributed by atoms with Crippen LogP contribution >= 0.6 is 0 Å². The summed E-state index contributed by atoms with van der Waals surface area (Å²) in [5.74, 6) is 0.524. The molecule has 1 N–H and O–H groups in total. The SMILES string of the molecule is FC(F)(F)CCc1noc([C@@H]2CCCN2)n1. The van der Waals surface area contributed by atoms with Crippen molar-refractivity contribution in [2.45, 2.75) is 37.9 Å². The van der Waals surface area contributed by atoms with Crippen LogP contribution in [0.4, 0.5) is 13.2 Å². The molecule has 0 aliphatic carbocycles. The standard InChI is InChI=1S/C9H12F3N3O/c10-9(11,12)4-3-7-14-8(16-15-7)6-2-1-5-13-6/h6,13H,1-5H2/t6-/m0/s1. The van der Waals surface area contributed by atoms with Crippen molar-refractivity contribution in [3.05, 3.63) is 11.7 Å². The average Bonchev–Trinajstić information content (AvgIpc) is 2.84. The van der Waals surface area contributed by atoms with Crippen molar-refractivity contribution in [3.63, 3.8) is 0 Å². The summed E-state index contributed by atoms with van der Waals surface area (Å²) >= 11 is 0. The lowest BCUT2D eigenvalue weighted by Crippen LogP contribution is -2.13. The van der Waals surface area contributed by atoms with Gasteiger partial charge in [0.15, 0.2) is 5.82 Å². The Bertz CT molecular complexity index is 344. The van der Waals surface area contributed by atoms with Crippen molar-refractivity contribution >= 4 is 0 Å². The maximum atomic E-state index is 12.0. The van der Waals surface area contributed by atoms with Crippen molar-refractivity contribution in [2.24, 2.45) is 0 Å². The second-order valence-electron chi connectivity index (χ2n) is 3.81. The molecular weight excluding hydrogens is 223 g/mol. The quantitative estimate of drug-likeness (QED) is 0.870. The summed E-state index contributed by atoms with van der Waals surface area (Å²) in [6, 6.07) is 0.00661. The van der Waals surface area contributed by atoms with E-state index in [0.29, 0.717) is 5.89 Å². The van der Waals surface area contributed by atoms with Crippen LogP contribution in [0.15, 0.2) is 4.52 Å². The van der Waals surface area contributed by atoms with Gasteiger partial charge in [-0.15, -0.1) is 0 Å². The number of aryl methyl sites for hydroxylation is 1. The molecule has 0 bridgehead atoms. The summed E-state index contributed by atoms with van der Waals surface area (Å²) in [7, 11) is 0. The van der Waals surface area contributed by atoms with E-state index >= 15 is 0 Å². The normalized spacial score (nSPS) is 21.6. The Morgan fingerprint density at radius 1 is 1.44 bits per heavy atom. The molecule has 4 nitrogen and oxygen atoms in total. The first-order valence-electron chi connectivity index (χ1n) is 5.17. The van der Waals surface area contributed by atoms with E-state index in [1.165, 1.54) is 0 Å². The largest absolute Gasteiger partial charge is 0.389 e. The lowest BCUT2D eigenvalue weighted by Gasteiger charge is -2.02. The van der Waals surface area contributed by atoms with Gasteiger partial charge in [0.05, 0.1) is 12.5 Å². The Balaban J connectivity index is 1.91. The number of hydrogen-bond donors (Lipinski definition) is 1. The van der Waals surface area contributed by atoms with Gasteiger partial charge in [-0.3, -0.25) is 0 Å². The van der Waals surface area contributed by atoms with E-state index in [2.05, 4.69) is 15.5 Å². The van der Waals surface area contributed by atoms with Gasteiger partial charge in [-0.05, 0) is 19.4 Å². The fourth-order valence-corrected chi connectivity index (χ4v) is 1.66. The molecule has 0 amide bonds. The highest BCUT2D eigenvalue weighted by molar-refractivity contribution is 4.95. The first-order valence-corrected chi connectivity index (χ1v) is 5.17. The first-order chi connectivity index (χ1) is 7.54. The predicted octanol–water partition coefficient (Wildman–Crippen LogP) is 1.99. The molecule has 2 rings (SSSR count). The van der Waals surface area contributed by atoms with E-state index < -0.39 is 12.6 Å². The Hall–Kier alpha value is -1.11. The van der Waals surface area contributed by atoms with Crippen molar-refractivity contribution in [3.8, 4) is 0 Å². The van der Waals surface area contributed by atoms with Gasteiger partial charge in [-0.25, -0.2) is 0 Å². The fourth-order valence-electron chi connectivity index (χ4n) is 1.66. The minimum Gasteiger partial charge on any atom is -0.338 e. The summed E-state index contributed by atoms with van der Waals surface area (Å²) in [6.07, 6.45) is -3.40. The van der Waals surface area contributed by atoms with Crippen molar-refractivity contribution < 1.29 is 17.7 Å². The molecule has 0 radical (unpaired) electrons. The average molecular weight is 235 g/mol. The van der Waals surface area contributed by atoms with Crippen LogP contribution in [-0.4, -0.2) is 22.9 Å². The lowest BCUT2D eigenvalue weighted by atomic mass is 10.2. The zero-order chi connectivity index (χ0) is 11.6. The van der Waals surface area contributed by atoms with Crippen molar-refractivity contribution in [1.82, 2.24) is 15.5 Å². The van der Waals surface area contributed by atoms with Gasteiger partial charge in [0.25, 0.3) is 0 Å². The minimum absolute atomic E-state index is 0.00661. The number of hydrogen-bond acceptors (Lipinski definition) is 4. The van der Waals surface area contributed by atoms with Crippen LogP contribution in [0.3, 0.4) is 0 Å². The lowest BCUT2D eigenvalue weighted by molar-refractivity contribution is -0.134. The molecule has 1 aliphatic heterocycles. The third kappa shape index (κ3) is 2.94. The van der Waals surface area contributed by atoms with E-state index in [4.69, 9.17) is 4.52 Å². The first kappa shape index (κ1) is 11.4. The van der Waals surface area contributed by atoms with Crippen LogP contribution in [0.25, 0.3) is 0 Å². The monoisotopic (exact) mass is 235 g/mol.